The van der Waals surface area contributed by atoms with Crippen LogP contribution in [0.2, 0.25) is 0 Å². The van der Waals surface area contributed by atoms with Crippen LogP contribution in [0.4, 0.5) is 0 Å². The Morgan fingerprint density at radius 1 is 0.714 bits per heavy atom. The molecule has 0 heteroatoms. The molecule has 0 radical (unpaired) electrons. The first-order valence-electron chi connectivity index (χ1n) is 7.65. The Morgan fingerprint density at radius 2 is 1.43 bits per heavy atom. The molecule has 0 saturated heterocycles. The van der Waals surface area contributed by atoms with Crippen LogP contribution in [0, 0.1) is 0 Å². The molecule has 3 aromatic rings. The molecule has 0 aliphatic heterocycles. The molecule has 0 fully saturated rings. The van der Waals surface area contributed by atoms with E-state index in [2.05, 4.69) is 72.8 Å². The minimum absolute atomic E-state index is 1.09. The summed E-state index contributed by atoms with van der Waals surface area (Å²) in [5, 5.41) is 2.71. The number of hydrogen-bond donors (Lipinski definition) is 0. The van der Waals surface area contributed by atoms with Crippen molar-refractivity contribution in [3.8, 4) is 0 Å². The van der Waals surface area contributed by atoms with Crippen LogP contribution in [0.1, 0.15) is 23.1 Å². The Hall–Kier alpha value is -2.34. The molecule has 0 nitrogen and oxygen atoms in total. The maximum Gasteiger partial charge on any atom is -0.00851 e. The van der Waals surface area contributed by atoms with Crippen molar-refractivity contribution in [1.82, 2.24) is 0 Å². The number of benzene rings is 3. The van der Waals surface area contributed by atoms with Gasteiger partial charge in [-0.2, -0.15) is 0 Å². The largest absolute Gasteiger partial charge is 0.0763 e. The minimum atomic E-state index is 1.09. The third-order valence-electron chi connectivity index (χ3n) is 4.41. The predicted octanol–water partition coefficient (Wildman–Crippen LogP) is 5.41. The van der Waals surface area contributed by atoms with Gasteiger partial charge in [0.1, 0.15) is 0 Å². The maximum absolute atomic E-state index is 2.41. The van der Waals surface area contributed by atoms with Crippen LogP contribution < -0.4 is 0 Å². The molecule has 1 aliphatic carbocycles. The summed E-state index contributed by atoms with van der Waals surface area (Å²) in [6.07, 6.45) is 5.76. The van der Waals surface area contributed by atoms with Gasteiger partial charge in [0.2, 0.25) is 0 Å². The van der Waals surface area contributed by atoms with Crippen molar-refractivity contribution >= 4 is 16.3 Å². The summed E-state index contributed by atoms with van der Waals surface area (Å²) in [5.74, 6) is 0. The number of rotatable bonds is 3. The first-order valence-corrected chi connectivity index (χ1v) is 7.65. The van der Waals surface area contributed by atoms with E-state index in [-0.39, 0.29) is 0 Å². The summed E-state index contributed by atoms with van der Waals surface area (Å²) in [4.78, 5) is 0. The number of aryl methyl sites for hydroxylation is 1. The summed E-state index contributed by atoms with van der Waals surface area (Å²) in [6.45, 7) is 0. The Kier molecular flexibility index (Phi) is 3.08. The van der Waals surface area contributed by atoms with Crippen LogP contribution >= 0.6 is 0 Å². The van der Waals surface area contributed by atoms with E-state index in [0.29, 0.717) is 0 Å². The summed E-state index contributed by atoms with van der Waals surface area (Å²) in [6, 6.07) is 24.2. The zero-order chi connectivity index (χ0) is 14.1. The molecule has 0 amide bonds. The lowest BCUT2D eigenvalue weighted by Crippen LogP contribution is -1.89. The van der Waals surface area contributed by atoms with Gasteiger partial charge in [-0.15, -0.1) is 0 Å². The molecule has 102 valence electrons. The molecule has 4 rings (SSSR count). The van der Waals surface area contributed by atoms with E-state index in [1.165, 1.54) is 33.0 Å². The Bertz CT molecular complexity index is 810. The van der Waals surface area contributed by atoms with Gasteiger partial charge in [-0.3, -0.25) is 0 Å². The smallest absolute Gasteiger partial charge is 0.00851 e. The van der Waals surface area contributed by atoms with Crippen LogP contribution in [0.15, 0.2) is 72.8 Å². The molecular weight excluding hydrogens is 252 g/mol. The highest BCUT2D eigenvalue weighted by Gasteiger charge is 2.14. The minimum Gasteiger partial charge on any atom is -0.0763 e. The Labute approximate surface area is 125 Å². The molecule has 0 bridgehead atoms. The highest BCUT2D eigenvalue weighted by molar-refractivity contribution is 5.89. The molecule has 0 atom stereocenters. The van der Waals surface area contributed by atoms with Crippen molar-refractivity contribution in [3.05, 3.63) is 89.5 Å². The second-order valence-corrected chi connectivity index (χ2v) is 5.78. The summed E-state index contributed by atoms with van der Waals surface area (Å²) >= 11 is 0. The third-order valence-corrected chi connectivity index (χ3v) is 4.41. The van der Waals surface area contributed by atoms with Crippen molar-refractivity contribution in [2.45, 2.75) is 19.3 Å². The molecule has 1 aliphatic rings. The Morgan fingerprint density at radius 3 is 2.24 bits per heavy atom. The summed E-state index contributed by atoms with van der Waals surface area (Å²) < 4.78 is 0. The third kappa shape index (κ3) is 2.38. The quantitative estimate of drug-likeness (QED) is 0.596. The van der Waals surface area contributed by atoms with Crippen LogP contribution in [-0.4, -0.2) is 0 Å². The summed E-state index contributed by atoms with van der Waals surface area (Å²) in [7, 11) is 0. The fourth-order valence-electron chi connectivity index (χ4n) is 3.26. The first kappa shape index (κ1) is 12.4. The lowest BCUT2D eigenvalue weighted by molar-refractivity contribution is 1.02. The van der Waals surface area contributed by atoms with Gasteiger partial charge in [-0.05, 0) is 58.4 Å². The van der Waals surface area contributed by atoms with Gasteiger partial charge in [0, 0.05) is 0 Å². The van der Waals surface area contributed by atoms with E-state index in [1.807, 2.05) is 0 Å². The molecule has 0 aromatic heterocycles. The lowest BCUT2D eigenvalue weighted by Gasteiger charge is -2.08. The van der Waals surface area contributed by atoms with Gasteiger partial charge in [-0.1, -0.05) is 66.7 Å². The van der Waals surface area contributed by atoms with Gasteiger partial charge < -0.3 is 0 Å². The van der Waals surface area contributed by atoms with Crippen molar-refractivity contribution in [2.75, 3.05) is 0 Å². The van der Waals surface area contributed by atoms with Gasteiger partial charge in [0.15, 0.2) is 0 Å². The highest BCUT2D eigenvalue weighted by atomic mass is 14.2. The van der Waals surface area contributed by atoms with Crippen LogP contribution in [0.3, 0.4) is 0 Å². The first-order chi connectivity index (χ1) is 10.4. The van der Waals surface area contributed by atoms with Crippen LogP contribution in [0.5, 0.6) is 0 Å². The monoisotopic (exact) mass is 270 g/mol. The van der Waals surface area contributed by atoms with Crippen molar-refractivity contribution in [3.63, 3.8) is 0 Å². The number of hydrogen-bond acceptors (Lipinski definition) is 0. The average molecular weight is 270 g/mol. The number of allylic oxidation sites excluding steroid dienone is 2. The van der Waals surface area contributed by atoms with Crippen molar-refractivity contribution in [1.29, 1.82) is 0 Å². The standard InChI is InChI=1S/C21H18/c1-2-6-16(7-3-1)10-11-17-12-13-20-14-18-8-4-5-9-19(18)15-21(17)20/h1-9,12,14-15H,10-11,13H2. The predicted molar refractivity (Wildman–Crippen MR) is 90.4 cm³/mol. The highest BCUT2D eigenvalue weighted by Crippen LogP contribution is 2.33. The van der Waals surface area contributed by atoms with Crippen LogP contribution in [0.25, 0.3) is 16.3 Å². The second-order valence-electron chi connectivity index (χ2n) is 5.78. The fraction of sp³-hybridized carbons (Fsp3) is 0.143. The fourth-order valence-corrected chi connectivity index (χ4v) is 3.26. The lowest BCUT2D eigenvalue weighted by atomic mass is 9.96. The maximum atomic E-state index is 2.41. The average Bonchev–Trinajstić information content (AvgIpc) is 2.94. The zero-order valence-corrected chi connectivity index (χ0v) is 12.0. The van der Waals surface area contributed by atoms with E-state index in [9.17, 15) is 0 Å². The molecule has 0 heterocycles. The number of fused-ring (bicyclic) bond motifs is 2. The van der Waals surface area contributed by atoms with Gasteiger partial charge in [0.05, 0.1) is 0 Å². The molecule has 0 spiro atoms. The van der Waals surface area contributed by atoms with E-state index in [4.69, 9.17) is 0 Å². The van der Waals surface area contributed by atoms with E-state index < -0.39 is 0 Å². The molecule has 0 N–H and O–H groups in total. The molecule has 0 unspecified atom stereocenters. The van der Waals surface area contributed by atoms with Crippen molar-refractivity contribution < 1.29 is 0 Å². The molecule has 21 heavy (non-hydrogen) atoms. The topological polar surface area (TPSA) is 0 Å². The van der Waals surface area contributed by atoms with E-state index in [0.717, 1.165) is 19.3 Å². The Balaban J connectivity index is 1.61. The molecule has 3 aromatic carbocycles. The zero-order valence-electron chi connectivity index (χ0n) is 12.0. The van der Waals surface area contributed by atoms with E-state index in [1.54, 1.807) is 0 Å². The van der Waals surface area contributed by atoms with Crippen LogP contribution in [-0.2, 0) is 12.8 Å². The van der Waals surface area contributed by atoms with Gasteiger partial charge in [0.25, 0.3) is 0 Å². The molecule has 0 saturated carbocycles. The van der Waals surface area contributed by atoms with Gasteiger partial charge in [-0.25, -0.2) is 0 Å². The van der Waals surface area contributed by atoms with Gasteiger partial charge >= 0.3 is 0 Å². The van der Waals surface area contributed by atoms with E-state index >= 15 is 0 Å². The molecular formula is C21H18. The second kappa shape index (κ2) is 5.21. The SMILES string of the molecule is C1=C(CCc2ccccc2)c2cc3ccccc3cc2C1. The van der Waals surface area contributed by atoms with Crippen molar-refractivity contribution in [2.24, 2.45) is 0 Å². The summed E-state index contributed by atoms with van der Waals surface area (Å²) in [5.41, 5.74) is 5.88. The normalized spacial score (nSPS) is 13.2.